The van der Waals surface area contributed by atoms with Crippen LogP contribution in [0.15, 0.2) is 18.2 Å². The number of aromatic nitrogens is 2. The van der Waals surface area contributed by atoms with E-state index in [0.29, 0.717) is 5.88 Å². The smallest absolute Gasteiger partial charge is 0.125 e. The Bertz CT molecular complexity index is 622. The van der Waals surface area contributed by atoms with E-state index < -0.39 is 0 Å². The lowest BCUT2D eigenvalue weighted by Crippen LogP contribution is -2.38. The first-order chi connectivity index (χ1) is 9.08. The molecule has 1 aromatic carbocycles. The number of alkyl halides is 1. The van der Waals surface area contributed by atoms with Gasteiger partial charge in [0, 0.05) is 6.61 Å². The predicted octanol–water partition coefficient (Wildman–Crippen LogP) is 3.61. The number of imidazole rings is 1. The molecule has 2 aromatic rings. The van der Waals surface area contributed by atoms with Crippen molar-refractivity contribution in [2.24, 2.45) is 0 Å². The van der Waals surface area contributed by atoms with Gasteiger partial charge in [0.1, 0.15) is 5.82 Å². The highest BCUT2D eigenvalue weighted by molar-refractivity contribution is 6.16. The van der Waals surface area contributed by atoms with E-state index in [1.165, 1.54) is 11.1 Å². The van der Waals surface area contributed by atoms with Crippen molar-refractivity contribution in [1.82, 2.24) is 9.55 Å². The molecule has 0 amide bonds. The molecule has 0 bridgehead atoms. The summed E-state index contributed by atoms with van der Waals surface area (Å²) in [5.74, 6) is 1.36. The fourth-order valence-electron chi connectivity index (χ4n) is 3.10. The highest BCUT2D eigenvalue weighted by Gasteiger charge is 2.41. The number of rotatable bonds is 2. The van der Waals surface area contributed by atoms with E-state index in [1.807, 2.05) is 6.07 Å². The zero-order valence-corrected chi connectivity index (χ0v) is 12.4. The molecule has 0 aliphatic carbocycles. The first kappa shape index (κ1) is 12.9. The van der Waals surface area contributed by atoms with Crippen molar-refractivity contribution in [3.63, 3.8) is 0 Å². The van der Waals surface area contributed by atoms with Gasteiger partial charge in [-0.15, -0.1) is 11.6 Å². The number of benzene rings is 1. The highest BCUT2D eigenvalue weighted by atomic mass is 35.5. The average Bonchev–Trinajstić information content (AvgIpc) is 2.92. The molecule has 102 valence electrons. The quantitative estimate of drug-likeness (QED) is 0.785. The van der Waals surface area contributed by atoms with E-state index in [9.17, 15) is 0 Å². The maximum atomic E-state index is 6.12. The molecular formula is C15H19ClN2O. The number of hydrogen-bond acceptors (Lipinski definition) is 2. The van der Waals surface area contributed by atoms with Crippen LogP contribution in [-0.4, -0.2) is 22.3 Å². The van der Waals surface area contributed by atoms with Gasteiger partial charge in [-0.25, -0.2) is 4.98 Å². The summed E-state index contributed by atoms with van der Waals surface area (Å²) in [5, 5.41) is 0. The Kier molecular flexibility index (Phi) is 3.06. The summed E-state index contributed by atoms with van der Waals surface area (Å²) >= 11 is 6.12. The van der Waals surface area contributed by atoms with Gasteiger partial charge >= 0.3 is 0 Å². The molecule has 0 radical (unpaired) electrons. The van der Waals surface area contributed by atoms with Gasteiger partial charge in [0.15, 0.2) is 0 Å². The van der Waals surface area contributed by atoms with Gasteiger partial charge in [-0.05, 0) is 38.8 Å². The van der Waals surface area contributed by atoms with Gasteiger partial charge in [0.05, 0.1) is 28.6 Å². The molecule has 1 aliphatic heterocycles. The molecule has 2 heterocycles. The summed E-state index contributed by atoms with van der Waals surface area (Å²) in [4.78, 5) is 4.69. The Morgan fingerprint density at radius 2 is 2.32 bits per heavy atom. The Hall–Kier alpha value is -1.06. The number of aryl methyl sites for hydroxylation is 1. The fourth-order valence-corrected chi connectivity index (χ4v) is 3.28. The molecule has 1 aliphatic rings. The summed E-state index contributed by atoms with van der Waals surface area (Å²) in [7, 11) is 0. The summed E-state index contributed by atoms with van der Waals surface area (Å²) in [6, 6.07) is 6.23. The first-order valence-electron chi connectivity index (χ1n) is 6.73. The van der Waals surface area contributed by atoms with Crippen molar-refractivity contribution in [3.05, 3.63) is 29.6 Å². The third-order valence-electron chi connectivity index (χ3n) is 4.43. The third kappa shape index (κ3) is 1.79. The number of fused-ring (bicyclic) bond motifs is 1. The number of hydrogen-bond donors (Lipinski definition) is 0. The van der Waals surface area contributed by atoms with Crippen LogP contribution in [0.2, 0.25) is 0 Å². The van der Waals surface area contributed by atoms with Crippen molar-refractivity contribution in [1.29, 1.82) is 0 Å². The topological polar surface area (TPSA) is 27.1 Å². The SMILES string of the molecule is Cc1cccc2nc(CCl)n(C3(C)CCOC3C)c12. The zero-order chi connectivity index (χ0) is 13.6. The average molecular weight is 279 g/mol. The van der Waals surface area contributed by atoms with Crippen LogP contribution in [-0.2, 0) is 16.2 Å². The van der Waals surface area contributed by atoms with Crippen LogP contribution < -0.4 is 0 Å². The van der Waals surface area contributed by atoms with E-state index >= 15 is 0 Å². The predicted molar refractivity (Wildman–Crippen MR) is 77.7 cm³/mol. The normalized spacial score (nSPS) is 27.3. The number of halogens is 1. The maximum absolute atomic E-state index is 6.12. The van der Waals surface area contributed by atoms with Crippen LogP contribution in [0.3, 0.4) is 0 Å². The summed E-state index contributed by atoms with van der Waals surface area (Å²) in [6.45, 7) is 7.30. The van der Waals surface area contributed by atoms with Gasteiger partial charge < -0.3 is 9.30 Å². The second-order valence-corrected chi connectivity index (χ2v) is 5.83. The third-order valence-corrected chi connectivity index (χ3v) is 4.67. The minimum atomic E-state index is -0.0644. The molecular weight excluding hydrogens is 260 g/mol. The lowest BCUT2D eigenvalue weighted by Gasteiger charge is -2.32. The second kappa shape index (κ2) is 4.50. The fraction of sp³-hybridized carbons (Fsp3) is 0.533. The largest absolute Gasteiger partial charge is 0.376 e. The summed E-state index contributed by atoms with van der Waals surface area (Å²) in [5.41, 5.74) is 3.39. The number of para-hydroxylation sites is 1. The molecule has 3 rings (SSSR count). The van der Waals surface area contributed by atoms with Gasteiger partial charge in [0.2, 0.25) is 0 Å². The molecule has 0 saturated carbocycles. The molecule has 1 fully saturated rings. The van der Waals surface area contributed by atoms with Crippen molar-refractivity contribution in [2.75, 3.05) is 6.61 Å². The first-order valence-corrected chi connectivity index (χ1v) is 7.26. The van der Waals surface area contributed by atoms with Crippen molar-refractivity contribution in [2.45, 2.75) is 44.7 Å². The van der Waals surface area contributed by atoms with Crippen LogP contribution >= 0.6 is 11.6 Å². The van der Waals surface area contributed by atoms with Crippen LogP contribution in [0.4, 0.5) is 0 Å². The molecule has 1 saturated heterocycles. The van der Waals surface area contributed by atoms with Gasteiger partial charge in [0.25, 0.3) is 0 Å². The minimum absolute atomic E-state index is 0.0644. The van der Waals surface area contributed by atoms with Gasteiger partial charge in [-0.3, -0.25) is 0 Å². The Morgan fingerprint density at radius 3 is 2.95 bits per heavy atom. The molecule has 0 spiro atoms. The lowest BCUT2D eigenvalue weighted by atomic mass is 9.93. The maximum Gasteiger partial charge on any atom is 0.125 e. The van der Waals surface area contributed by atoms with Crippen LogP contribution in [0, 0.1) is 6.92 Å². The zero-order valence-electron chi connectivity index (χ0n) is 11.6. The summed E-state index contributed by atoms with van der Waals surface area (Å²) < 4.78 is 8.10. The van der Waals surface area contributed by atoms with Crippen molar-refractivity contribution >= 4 is 22.6 Å². The second-order valence-electron chi connectivity index (χ2n) is 5.56. The van der Waals surface area contributed by atoms with Crippen molar-refractivity contribution in [3.8, 4) is 0 Å². The van der Waals surface area contributed by atoms with Gasteiger partial charge in [-0.2, -0.15) is 0 Å². The molecule has 2 unspecified atom stereocenters. The standard InChI is InChI=1S/C15H19ClN2O/c1-10-5-4-6-12-14(10)18(13(9-16)17-12)15(3)7-8-19-11(15)2/h4-6,11H,7-9H2,1-3H3. The van der Waals surface area contributed by atoms with E-state index in [2.05, 4.69) is 37.5 Å². The molecule has 2 atom stereocenters. The molecule has 3 nitrogen and oxygen atoms in total. The van der Waals surface area contributed by atoms with E-state index in [4.69, 9.17) is 21.3 Å². The molecule has 0 N–H and O–H groups in total. The van der Waals surface area contributed by atoms with E-state index in [0.717, 1.165) is 24.4 Å². The van der Waals surface area contributed by atoms with Crippen LogP contribution in [0.5, 0.6) is 0 Å². The molecule has 19 heavy (non-hydrogen) atoms. The Labute approximate surface area is 118 Å². The minimum Gasteiger partial charge on any atom is -0.376 e. The van der Waals surface area contributed by atoms with Crippen LogP contribution in [0.1, 0.15) is 31.7 Å². The number of ether oxygens (including phenoxy) is 1. The Morgan fingerprint density at radius 1 is 1.53 bits per heavy atom. The van der Waals surface area contributed by atoms with Crippen molar-refractivity contribution < 1.29 is 4.74 Å². The van der Waals surface area contributed by atoms with E-state index in [1.54, 1.807) is 0 Å². The molecule has 1 aromatic heterocycles. The van der Waals surface area contributed by atoms with E-state index in [-0.39, 0.29) is 11.6 Å². The van der Waals surface area contributed by atoms with Crippen LogP contribution in [0.25, 0.3) is 11.0 Å². The Balaban J connectivity index is 2.32. The monoisotopic (exact) mass is 278 g/mol. The highest BCUT2D eigenvalue weighted by Crippen LogP contribution is 2.38. The number of nitrogens with zero attached hydrogens (tertiary/aromatic N) is 2. The molecule has 4 heteroatoms. The van der Waals surface area contributed by atoms with Gasteiger partial charge in [-0.1, -0.05) is 12.1 Å². The summed E-state index contributed by atoms with van der Waals surface area (Å²) in [6.07, 6.45) is 1.17. The lowest BCUT2D eigenvalue weighted by molar-refractivity contribution is 0.0766.